The second-order valence-electron chi connectivity index (χ2n) is 5.64. The molecule has 2 aliphatic rings. The molecule has 0 nitrogen and oxygen atoms in total. The minimum absolute atomic E-state index is 0.821. The normalized spacial score (nSPS) is 28.4. The Kier molecular flexibility index (Phi) is 4.26. The molecule has 0 spiro atoms. The SMILES string of the molecule is CC1=C(C2=CCCCCC2)CCCCC1C. The van der Waals surface area contributed by atoms with Crippen molar-refractivity contribution >= 4 is 0 Å². The van der Waals surface area contributed by atoms with E-state index >= 15 is 0 Å². The van der Waals surface area contributed by atoms with Crippen LogP contribution in [0.4, 0.5) is 0 Å². The summed E-state index contributed by atoms with van der Waals surface area (Å²) in [7, 11) is 0. The summed E-state index contributed by atoms with van der Waals surface area (Å²) >= 11 is 0. The average Bonchev–Trinajstić information content (AvgIpc) is 2.63. The van der Waals surface area contributed by atoms with Gasteiger partial charge in [0.05, 0.1) is 0 Å². The Morgan fingerprint density at radius 1 is 1.00 bits per heavy atom. The van der Waals surface area contributed by atoms with Gasteiger partial charge >= 0.3 is 0 Å². The Morgan fingerprint density at radius 2 is 1.81 bits per heavy atom. The van der Waals surface area contributed by atoms with Crippen LogP contribution < -0.4 is 0 Å². The van der Waals surface area contributed by atoms with E-state index in [1.807, 2.05) is 0 Å². The van der Waals surface area contributed by atoms with Crippen LogP contribution in [0.25, 0.3) is 0 Å². The smallest absolute Gasteiger partial charge is 0.0229 e. The monoisotopic (exact) mass is 218 g/mol. The zero-order valence-corrected chi connectivity index (χ0v) is 11.0. The number of allylic oxidation sites excluding steroid dienone is 4. The topological polar surface area (TPSA) is 0 Å². The van der Waals surface area contributed by atoms with Gasteiger partial charge in [0.25, 0.3) is 0 Å². The van der Waals surface area contributed by atoms with Crippen molar-refractivity contribution in [1.29, 1.82) is 0 Å². The molecule has 2 rings (SSSR count). The quantitative estimate of drug-likeness (QED) is 0.552. The summed E-state index contributed by atoms with van der Waals surface area (Å²) < 4.78 is 0. The molecule has 0 N–H and O–H groups in total. The van der Waals surface area contributed by atoms with Crippen LogP contribution in [0.3, 0.4) is 0 Å². The van der Waals surface area contributed by atoms with E-state index in [1.54, 1.807) is 16.7 Å². The van der Waals surface area contributed by atoms with Gasteiger partial charge in [-0.3, -0.25) is 0 Å². The van der Waals surface area contributed by atoms with E-state index in [1.165, 1.54) is 57.8 Å². The Balaban J connectivity index is 2.21. The first-order valence-corrected chi connectivity index (χ1v) is 7.18. The lowest BCUT2D eigenvalue weighted by Crippen LogP contribution is -1.99. The van der Waals surface area contributed by atoms with Gasteiger partial charge in [-0.2, -0.15) is 0 Å². The summed E-state index contributed by atoms with van der Waals surface area (Å²) in [4.78, 5) is 0. The molecule has 90 valence electrons. The third-order valence-electron chi connectivity index (χ3n) is 4.46. The van der Waals surface area contributed by atoms with E-state index in [-0.39, 0.29) is 0 Å². The fraction of sp³-hybridized carbons (Fsp3) is 0.750. The summed E-state index contributed by atoms with van der Waals surface area (Å²) in [5.41, 5.74) is 5.15. The summed E-state index contributed by atoms with van der Waals surface area (Å²) in [6.45, 7) is 4.80. The van der Waals surface area contributed by atoms with Gasteiger partial charge in [-0.25, -0.2) is 0 Å². The molecule has 0 radical (unpaired) electrons. The maximum atomic E-state index is 2.55. The van der Waals surface area contributed by atoms with Gasteiger partial charge in [0.15, 0.2) is 0 Å². The lowest BCUT2D eigenvalue weighted by atomic mass is 9.90. The van der Waals surface area contributed by atoms with Crippen LogP contribution in [0.15, 0.2) is 22.8 Å². The predicted octanol–water partition coefficient (Wildman–Crippen LogP) is 5.40. The molecule has 2 aliphatic carbocycles. The van der Waals surface area contributed by atoms with E-state index in [4.69, 9.17) is 0 Å². The highest BCUT2D eigenvalue weighted by Gasteiger charge is 2.17. The van der Waals surface area contributed by atoms with Gasteiger partial charge in [0.1, 0.15) is 0 Å². The highest BCUT2D eigenvalue weighted by molar-refractivity contribution is 5.36. The second kappa shape index (κ2) is 5.70. The molecule has 0 fully saturated rings. The van der Waals surface area contributed by atoms with Gasteiger partial charge in [-0.05, 0) is 68.9 Å². The first kappa shape index (κ1) is 12.0. The molecule has 1 atom stereocenters. The summed E-state index contributed by atoms with van der Waals surface area (Å²) in [5, 5.41) is 0. The second-order valence-corrected chi connectivity index (χ2v) is 5.64. The largest absolute Gasteiger partial charge is 0.0810 e. The van der Waals surface area contributed by atoms with Crippen molar-refractivity contribution in [3.05, 3.63) is 22.8 Å². The molecule has 0 aromatic carbocycles. The van der Waals surface area contributed by atoms with E-state index in [2.05, 4.69) is 19.9 Å². The zero-order valence-electron chi connectivity index (χ0n) is 11.0. The van der Waals surface area contributed by atoms with Crippen molar-refractivity contribution in [2.24, 2.45) is 5.92 Å². The Hall–Kier alpha value is -0.520. The summed E-state index contributed by atoms with van der Waals surface area (Å²) in [6.07, 6.45) is 15.1. The van der Waals surface area contributed by atoms with Crippen LogP contribution >= 0.6 is 0 Å². The van der Waals surface area contributed by atoms with Gasteiger partial charge in [0, 0.05) is 0 Å². The summed E-state index contributed by atoms with van der Waals surface area (Å²) in [5.74, 6) is 0.821. The van der Waals surface area contributed by atoms with E-state index in [9.17, 15) is 0 Å². The fourth-order valence-electron chi connectivity index (χ4n) is 3.17. The molecule has 1 unspecified atom stereocenters. The Labute approximate surface area is 101 Å². The number of hydrogen-bond donors (Lipinski definition) is 0. The Morgan fingerprint density at radius 3 is 2.69 bits per heavy atom. The van der Waals surface area contributed by atoms with Crippen LogP contribution in [-0.4, -0.2) is 0 Å². The molecule has 0 bridgehead atoms. The molecule has 0 amide bonds. The minimum Gasteiger partial charge on any atom is -0.0810 e. The standard InChI is InChI=1S/C16H26/c1-13-9-7-8-12-16(14(13)2)15-10-5-3-4-6-11-15/h10,13H,3-9,11-12H2,1-2H3. The molecule has 0 aromatic rings. The lowest BCUT2D eigenvalue weighted by Gasteiger charge is -2.16. The highest BCUT2D eigenvalue weighted by atomic mass is 14.2. The van der Waals surface area contributed by atoms with Crippen molar-refractivity contribution in [3.8, 4) is 0 Å². The highest BCUT2D eigenvalue weighted by Crippen LogP contribution is 2.35. The van der Waals surface area contributed by atoms with Crippen molar-refractivity contribution in [3.63, 3.8) is 0 Å². The number of rotatable bonds is 1. The molecule has 0 heterocycles. The maximum Gasteiger partial charge on any atom is -0.0229 e. The van der Waals surface area contributed by atoms with Crippen molar-refractivity contribution < 1.29 is 0 Å². The zero-order chi connectivity index (χ0) is 11.4. The van der Waals surface area contributed by atoms with Crippen LogP contribution in [0.5, 0.6) is 0 Å². The molecule has 0 saturated carbocycles. The molecule has 0 saturated heterocycles. The molecule has 0 aromatic heterocycles. The van der Waals surface area contributed by atoms with Crippen LogP contribution in [-0.2, 0) is 0 Å². The lowest BCUT2D eigenvalue weighted by molar-refractivity contribution is 0.583. The van der Waals surface area contributed by atoms with Crippen LogP contribution in [0.1, 0.15) is 71.6 Å². The Bertz CT molecular complexity index is 293. The molecule has 16 heavy (non-hydrogen) atoms. The fourth-order valence-corrected chi connectivity index (χ4v) is 3.17. The van der Waals surface area contributed by atoms with E-state index in [0.29, 0.717) is 0 Å². The summed E-state index contributed by atoms with van der Waals surface area (Å²) in [6, 6.07) is 0. The molecule has 0 aliphatic heterocycles. The molecular formula is C16H26. The maximum absolute atomic E-state index is 2.55. The van der Waals surface area contributed by atoms with Crippen molar-refractivity contribution in [2.45, 2.75) is 71.6 Å². The molecule has 0 heteroatoms. The first-order valence-electron chi connectivity index (χ1n) is 7.18. The van der Waals surface area contributed by atoms with Gasteiger partial charge in [-0.15, -0.1) is 0 Å². The number of hydrogen-bond acceptors (Lipinski definition) is 0. The van der Waals surface area contributed by atoms with Gasteiger partial charge in [0.2, 0.25) is 0 Å². The van der Waals surface area contributed by atoms with E-state index in [0.717, 1.165) is 5.92 Å². The molecular weight excluding hydrogens is 192 g/mol. The van der Waals surface area contributed by atoms with Crippen LogP contribution in [0, 0.1) is 5.92 Å². The van der Waals surface area contributed by atoms with Crippen LogP contribution in [0.2, 0.25) is 0 Å². The van der Waals surface area contributed by atoms with Gasteiger partial charge in [-0.1, -0.05) is 31.4 Å². The minimum atomic E-state index is 0.821. The average molecular weight is 218 g/mol. The third-order valence-corrected chi connectivity index (χ3v) is 4.46. The first-order chi connectivity index (χ1) is 7.79. The third kappa shape index (κ3) is 2.78. The predicted molar refractivity (Wildman–Crippen MR) is 71.5 cm³/mol. The van der Waals surface area contributed by atoms with Crippen molar-refractivity contribution in [2.75, 3.05) is 0 Å². The van der Waals surface area contributed by atoms with Crippen molar-refractivity contribution in [1.82, 2.24) is 0 Å². The van der Waals surface area contributed by atoms with E-state index < -0.39 is 0 Å². The van der Waals surface area contributed by atoms with Gasteiger partial charge < -0.3 is 0 Å².